The van der Waals surface area contributed by atoms with Crippen molar-refractivity contribution in [1.82, 2.24) is 9.80 Å². The van der Waals surface area contributed by atoms with Gasteiger partial charge in [-0.3, -0.25) is 4.99 Å². The molecule has 0 aromatic carbocycles. The predicted molar refractivity (Wildman–Crippen MR) is 169 cm³/mol. The van der Waals surface area contributed by atoms with Crippen LogP contribution in [0.4, 0.5) is 0 Å². The van der Waals surface area contributed by atoms with Gasteiger partial charge < -0.3 is 9.80 Å². The predicted octanol–water partition coefficient (Wildman–Crippen LogP) is 8.49. The Labute approximate surface area is 235 Å². The van der Waals surface area contributed by atoms with E-state index in [0.717, 1.165) is 50.7 Å². The lowest BCUT2D eigenvalue weighted by atomic mass is 9.86. The first-order chi connectivity index (χ1) is 18.4. The van der Waals surface area contributed by atoms with Crippen molar-refractivity contribution in [3.05, 3.63) is 47.7 Å². The second kappa shape index (κ2) is 18.4. The zero-order chi connectivity index (χ0) is 27.8. The summed E-state index contributed by atoms with van der Waals surface area (Å²) in [5, 5.41) is 0. The molecule has 214 valence electrons. The minimum Gasteiger partial charge on any atom is -0.378 e. The molecule has 2 aliphatic rings. The van der Waals surface area contributed by atoms with E-state index in [4.69, 9.17) is 0 Å². The molecule has 1 atom stereocenters. The number of piperidine rings is 1. The molecule has 4 nitrogen and oxygen atoms in total. The molecule has 0 aromatic rings. The monoisotopic (exact) mass is 522 g/mol. The van der Waals surface area contributed by atoms with Crippen molar-refractivity contribution in [1.29, 1.82) is 0 Å². The van der Waals surface area contributed by atoms with Gasteiger partial charge in [0.2, 0.25) is 0 Å². The summed E-state index contributed by atoms with van der Waals surface area (Å²) >= 11 is 0. The van der Waals surface area contributed by atoms with E-state index in [-0.39, 0.29) is 0 Å². The van der Waals surface area contributed by atoms with Crippen LogP contribution in [0.1, 0.15) is 98.3 Å². The summed E-state index contributed by atoms with van der Waals surface area (Å²) in [5.41, 5.74) is 4.48. The van der Waals surface area contributed by atoms with Crippen molar-refractivity contribution in [2.45, 2.75) is 98.3 Å². The van der Waals surface area contributed by atoms with E-state index in [1.807, 2.05) is 0 Å². The highest BCUT2D eigenvalue weighted by Gasteiger charge is 2.20. The fourth-order valence-electron chi connectivity index (χ4n) is 5.70. The molecule has 1 aliphatic carbocycles. The first-order valence-corrected chi connectivity index (χ1v) is 15.5. The van der Waals surface area contributed by atoms with E-state index in [2.05, 4.69) is 92.1 Å². The Hall–Kier alpha value is -1.94. The van der Waals surface area contributed by atoms with Crippen LogP contribution in [0.5, 0.6) is 0 Å². The third-order valence-corrected chi connectivity index (χ3v) is 8.41. The van der Waals surface area contributed by atoms with Gasteiger partial charge >= 0.3 is 0 Å². The Morgan fingerprint density at radius 1 is 1.21 bits per heavy atom. The molecule has 4 heteroatoms. The van der Waals surface area contributed by atoms with Crippen molar-refractivity contribution < 1.29 is 0 Å². The summed E-state index contributed by atoms with van der Waals surface area (Å²) in [7, 11) is 2.21. The van der Waals surface area contributed by atoms with E-state index in [1.54, 1.807) is 5.57 Å². The number of nitrogens with zero attached hydrogens (tertiary/aromatic N) is 4. The van der Waals surface area contributed by atoms with Gasteiger partial charge in [-0.25, -0.2) is 4.99 Å². The van der Waals surface area contributed by atoms with E-state index in [1.165, 1.54) is 75.7 Å². The largest absolute Gasteiger partial charge is 0.378 e. The second-order valence-electron chi connectivity index (χ2n) is 11.8. The molecule has 1 fully saturated rings. The van der Waals surface area contributed by atoms with Gasteiger partial charge in [-0.1, -0.05) is 76.1 Å². The SMILES string of the molecule is C=N/C(=N\CCN1CCC(CCC(/C=C\CC2=CCC(C(=C)N(C)CCCC)CC2)=C/CC)CC1)C(C)C. The molecule has 0 N–H and O–H groups in total. The molecule has 0 aromatic heterocycles. The summed E-state index contributed by atoms with van der Waals surface area (Å²) in [4.78, 5) is 13.7. The van der Waals surface area contributed by atoms with Gasteiger partial charge in [0.25, 0.3) is 0 Å². The Balaban J connectivity index is 1.71. The molecular weight excluding hydrogens is 464 g/mol. The maximum absolute atomic E-state index is 4.65. The minimum absolute atomic E-state index is 0.359. The average Bonchev–Trinajstić information content (AvgIpc) is 2.93. The lowest BCUT2D eigenvalue weighted by molar-refractivity contribution is 0.183. The van der Waals surface area contributed by atoms with Crippen LogP contribution in [-0.2, 0) is 0 Å². The maximum atomic E-state index is 4.65. The molecular formula is C34H58N4. The molecule has 0 amide bonds. The number of hydrogen-bond acceptors (Lipinski definition) is 3. The summed E-state index contributed by atoms with van der Waals surface area (Å²) in [6.45, 7) is 22.3. The van der Waals surface area contributed by atoms with Crippen molar-refractivity contribution in [2.75, 3.05) is 39.8 Å². The highest BCUT2D eigenvalue weighted by molar-refractivity contribution is 5.87. The van der Waals surface area contributed by atoms with Gasteiger partial charge in [0.05, 0.1) is 6.54 Å². The summed E-state index contributed by atoms with van der Waals surface area (Å²) in [6, 6.07) is 0. The van der Waals surface area contributed by atoms with Crippen LogP contribution >= 0.6 is 0 Å². The fourth-order valence-corrected chi connectivity index (χ4v) is 5.70. The van der Waals surface area contributed by atoms with E-state index in [0.29, 0.717) is 11.8 Å². The second-order valence-corrected chi connectivity index (χ2v) is 11.8. The molecule has 1 unspecified atom stereocenters. The van der Waals surface area contributed by atoms with Gasteiger partial charge in [0, 0.05) is 37.7 Å². The highest BCUT2D eigenvalue weighted by atomic mass is 15.1. The van der Waals surface area contributed by atoms with Gasteiger partial charge in [-0.05, 0) is 89.9 Å². The topological polar surface area (TPSA) is 31.2 Å². The van der Waals surface area contributed by atoms with Crippen molar-refractivity contribution >= 4 is 12.6 Å². The lowest BCUT2D eigenvalue weighted by Crippen LogP contribution is -2.35. The van der Waals surface area contributed by atoms with E-state index >= 15 is 0 Å². The number of rotatable bonds is 16. The van der Waals surface area contributed by atoms with Gasteiger partial charge in [-0.2, -0.15) is 0 Å². The fraction of sp³-hybridized carbons (Fsp3) is 0.706. The number of allylic oxidation sites excluding steroid dienone is 7. The Bertz CT molecular complexity index is 823. The normalized spacial score (nSPS) is 20.3. The van der Waals surface area contributed by atoms with Crippen molar-refractivity contribution in [2.24, 2.45) is 27.7 Å². The van der Waals surface area contributed by atoms with Crippen LogP contribution in [0.3, 0.4) is 0 Å². The van der Waals surface area contributed by atoms with Gasteiger partial charge in [0.15, 0.2) is 0 Å². The first-order valence-electron chi connectivity index (χ1n) is 15.5. The van der Waals surface area contributed by atoms with Crippen molar-refractivity contribution in [3.63, 3.8) is 0 Å². The smallest absolute Gasteiger partial charge is 0.125 e. The highest BCUT2D eigenvalue weighted by Crippen LogP contribution is 2.31. The molecule has 0 spiro atoms. The van der Waals surface area contributed by atoms with Crippen LogP contribution in [-0.4, -0.2) is 62.1 Å². The first kappa shape index (κ1) is 32.3. The molecule has 38 heavy (non-hydrogen) atoms. The van der Waals surface area contributed by atoms with Crippen molar-refractivity contribution in [3.8, 4) is 0 Å². The number of hydrogen-bond donors (Lipinski definition) is 0. The maximum Gasteiger partial charge on any atom is 0.125 e. The third-order valence-electron chi connectivity index (χ3n) is 8.41. The zero-order valence-electron chi connectivity index (χ0n) is 25.6. The molecule has 2 rings (SSSR count). The Morgan fingerprint density at radius 3 is 2.58 bits per heavy atom. The number of unbranched alkanes of at least 4 members (excludes halogenated alkanes) is 1. The number of likely N-dealkylation sites (tertiary alicyclic amines) is 1. The molecule has 1 heterocycles. The molecule has 0 saturated carbocycles. The van der Waals surface area contributed by atoms with Crippen LogP contribution in [0.15, 0.2) is 57.7 Å². The van der Waals surface area contributed by atoms with E-state index < -0.39 is 0 Å². The summed E-state index contributed by atoms with van der Waals surface area (Å²) in [6.07, 6.45) is 23.3. The van der Waals surface area contributed by atoms with Crippen LogP contribution < -0.4 is 0 Å². The quantitative estimate of drug-likeness (QED) is 0.0880. The van der Waals surface area contributed by atoms with Crippen LogP contribution in [0.25, 0.3) is 0 Å². The van der Waals surface area contributed by atoms with Gasteiger partial charge in [0.1, 0.15) is 5.84 Å². The molecule has 1 aliphatic heterocycles. The molecule has 0 bridgehead atoms. The Kier molecular flexibility index (Phi) is 15.6. The lowest BCUT2D eigenvalue weighted by Gasteiger charge is -2.31. The number of aliphatic imine (C=N–C) groups is 2. The molecule has 1 saturated heterocycles. The summed E-state index contributed by atoms with van der Waals surface area (Å²) in [5.74, 6) is 2.73. The average molecular weight is 523 g/mol. The van der Waals surface area contributed by atoms with E-state index in [9.17, 15) is 0 Å². The van der Waals surface area contributed by atoms with Crippen LogP contribution in [0.2, 0.25) is 0 Å². The third kappa shape index (κ3) is 11.8. The van der Waals surface area contributed by atoms with Gasteiger partial charge in [-0.15, -0.1) is 0 Å². The Morgan fingerprint density at radius 2 is 1.97 bits per heavy atom. The summed E-state index contributed by atoms with van der Waals surface area (Å²) < 4.78 is 0. The number of amidine groups is 1. The minimum atomic E-state index is 0.359. The standard InChI is InChI=1S/C34H58N4/c1-8-10-24-37(7)29(5)33-19-17-31(18-20-33)14-11-13-30(12-9-2)15-16-32-21-25-38(26-22-32)27-23-36-34(35-6)28(3)4/h11-13,17,28,32-33H,5-6,8-10,14-16,18-27H2,1-4,7H3/b13-11-,30-12+,36-34-. The van der Waals surface area contributed by atoms with Crippen LogP contribution in [0, 0.1) is 17.8 Å². The molecule has 0 radical (unpaired) electrons. The zero-order valence-corrected chi connectivity index (χ0v) is 25.6.